The van der Waals surface area contributed by atoms with Crippen molar-refractivity contribution < 1.29 is 28.9 Å². The van der Waals surface area contributed by atoms with Gasteiger partial charge >= 0.3 is 0 Å². The summed E-state index contributed by atoms with van der Waals surface area (Å²) in [5.74, 6) is -0.153. The number of carbonyl (C=O) groups excluding carboxylic acids is 2. The molecule has 192 valence electrons. The van der Waals surface area contributed by atoms with Crippen LogP contribution in [0.1, 0.15) is 42.1 Å². The van der Waals surface area contributed by atoms with Crippen LogP contribution in [0.4, 0.5) is 0 Å². The zero-order valence-electron chi connectivity index (χ0n) is 21.5. The van der Waals surface area contributed by atoms with Gasteiger partial charge in [-0.3, -0.25) is 14.6 Å². The maximum absolute atomic E-state index is 13.5. The fourth-order valence-electron chi connectivity index (χ4n) is 4.50. The number of rotatable bonds is 8. The summed E-state index contributed by atoms with van der Waals surface area (Å²) in [4.78, 5) is 32.4. The summed E-state index contributed by atoms with van der Waals surface area (Å²) < 4.78 is 16.8. The van der Waals surface area contributed by atoms with E-state index in [-0.39, 0.29) is 24.0 Å². The SMILES string of the molecule is COc1ccc(OC)c([C@@H]2/C(=C(\O)c3ccc(OC(C)C)cc3C)C(=O)C(=O)N2Cc2cccnc2)c1. The number of amides is 1. The van der Waals surface area contributed by atoms with Gasteiger partial charge in [-0.15, -0.1) is 0 Å². The van der Waals surface area contributed by atoms with Gasteiger partial charge in [-0.05, 0) is 74.4 Å². The third-order valence-corrected chi connectivity index (χ3v) is 6.17. The minimum absolute atomic E-state index is 0.0165. The normalized spacial score (nSPS) is 16.8. The van der Waals surface area contributed by atoms with E-state index in [1.807, 2.05) is 26.8 Å². The van der Waals surface area contributed by atoms with Crippen LogP contribution in [-0.4, -0.2) is 47.0 Å². The molecule has 1 fully saturated rings. The van der Waals surface area contributed by atoms with Gasteiger partial charge in [0.15, 0.2) is 0 Å². The molecule has 1 atom stereocenters. The van der Waals surface area contributed by atoms with E-state index in [1.165, 1.54) is 19.1 Å². The average molecular weight is 503 g/mol. The van der Waals surface area contributed by atoms with Gasteiger partial charge in [-0.1, -0.05) is 6.07 Å². The fraction of sp³-hybridized carbons (Fsp3) is 0.276. The predicted molar refractivity (Wildman–Crippen MR) is 139 cm³/mol. The smallest absolute Gasteiger partial charge is 0.295 e. The van der Waals surface area contributed by atoms with Crippen molar-refractivity contribution in [2.75, 3.05) is 14.2 Å². The molecule has 1 amide bonds. The quantitative estimate of drug-likeness (QED) is 0.268. The third kappa shape index (κ3) is 5.14. The zero-order chi connectivity index (χ0) is 26.7. The summed E-state index contributed by atoms with van der Waals surface area (Å²) in [6.45, 7) is 5.78. The maximum Gasteiger partial charge on any atom is 0.295 e. The topological polar surface area (TPSA) is 98.2 Å². The number of Topliss-reactive ketones (excluding diaryl/α,β-unsaturated/α-hetero) is 1. The summed E-state index contributed by atoms with van der Waals surface area (Å²) in [6, 6.07) is 13.0. The Hall–Kier alpha value is -4.33. The minimum Gasteiger partial charge on any atom is -0.507 e. The molecule has 8 heteroatoms. The number of carbonyl (C=O) groups is 2. The second-order valence-corrected chi connectivity index (χ2v) is 9.04. The Labute approximate surface area is 216 Å². The highest BCUT2D eigenvalue weighted by Gasteiger charge is 2.47. The second-order valence-electron chi connectivity index (χ2n) is 9.04. The molecule has 0 bridgehead atoms. The van der Waals surface area contributed by atoms with Crippen LogP contribution >= 0.6 is 0 Å². The fourth-order valence-corrected chi connectivity index (χ4v) is 4.50. The van der Waals surface area contributed by atoms with Crippen LogP contribution in [0.2, 0.25) is 0 Å². The van der Waals surface area contributed by atoms with Crippen LogP contribution in [0.5, 0.6) is 17.2 Å². The second kappa shape index (κ2) is 10.7. The number of ketones is 1. The van der Waals surface area contributed by atoms with Crippen LogP contribution in [0.25, 0.3) is 5.76 Å². The first-order valence-electron chi connectivity index (χ1n) is 11.9. The number of ether oxygens (including phenoxy) is 3. The van der Waals surface area contributed by atoms with Gasteiger partial charge in [-0.2, -0.15) is 0 Å². The van der Waals surface area contributed by atoms with Gasteiger partial charge < -0.3 is 24.2 Å². The number of pyridine rings is 1. The molecule has 8 nitrogen and oxygen atoms in total. The lowest BCUT2D eigenvalue weighted by Crippen LogP contribution is -2.29. The number of aromatic nitrogens is 1. The number of hydrogen-bond acceptors (Lipinski definition) is 7. The first-order valence-corrected chi connectivity index (χ1v) is 11.9. The van der Waals surface area contributed by atoms with Crippen LogP contribution in [-0.2, 0) is 16.1 Å². The molecule has 4 rings (SSSR count). The molecule has 1 aliphatic heterocycles. The van der Waals surface area contributed by atoms with E-state index < -0.39 is 17.7 Å². The molecule has 2 heterocycles. The van der Waals surface area contributed by atoms with E-state index in [0.717, 1.165) is 5.56 Å². The van der Waals surface area contributed by atoms with Crippen molar-refractivity contribution in [3.05, 3.63) is 88.8 Å². The molecule has 0 radical (unpaired) electrons. The van der Waals surface area contributed by atoms with E-state index in [1.54, 1.807) is 54.9 Å². The number of aliphatic hydroxyl groups excluding tert-OH is 1. The van der Waals surface area contributed by atoms with Crippen molar-refractivity contribution in [2.24, 2.45) is 0 Å². The van der Waals surface area contributed by atoms with E-state index >= 15 is 0 Å². The highest BCUT2D eigenvalue weighted by molar-refractivity contribution is 6.46. The summed E-state index contributed by atoms with van der Waals surface area (Å²) in [5, 5.41) is 11.5. The molecular formula is C29H30N2O6. The minimum atomic E-state index is -0.920. The Kier molecular flexibility index (Phi) is 7.47. The third-order valence-electron chi connectivity index (χ3n) is 6.17. The van der Waals surface area contributed by atoms with Gasteiger partial charge in [0, 0.05) is 30.1 Å². The van der Waals surface area contributed by atoms with Gasteiger partial charge in [0.1, 0.15) is 23.0 Å². The molecule has 0 unspecified atom stereocenters. The number of methoxy groups -OCH3 is 2. The van der Waals surface area contributed by atoms with Gasteiger partial charge in [0.05, 0.1) is 31.9 Å². The van der Waals surface area contributed by atoms with Crippen LogP contribution in [0, 0.1) is 6.92 Å². The number of nitrogens with zero attached hydrogens (tertiary/aromatic N) is 2. The number of aliphatic hydroxyl groups is 1. The molecule has 0 spiro atoms. The zero-order valence-corrected chi connectivity index (χ0v) is 21.5. The number of likely N-dealkylation sites (tertiary alicyclic amines) is 1. The highest BCUT2D eigenvalue weighted by Crippen LogP contribution is 2.45. The molecular weight excluding hydrogens is 472 g/mol. The standard InChI is InChI=1S/C29H30N2O6/c1-17(2)37-21-8-10-22(18(3)13-21)27(32)25-26(23-14-20(35-4)9-11-24(23)36-5)31(29(34)28(25)33)16-19-7-6-12-30-15-19/h6-15,17,26,32H,16H2,1-5H3/b27-25+/t26-/m1/s1. The van der Waals surface area contributed by atoms with Crippen molar-refractivity contribution >= 4 is 17.4 Å². The predicted octanol–water partition coefficient (Wildman–Crippen LogP) is 4.82. The van der Waals surface area contributed by atoms with E-state index in [2.05, 4.69) is 4.98 Å². The molecule has 1 aromatic heterocycles. The number of benzene rings is 2. The van der Waals surface area contributed by atoms with Gasteiger partial charge in [-0.25, -0.2) is 0 Å². The van der Waals surface area contributed by atoms with E-state index in [4.69, 9.17) is 14.2 Å². The Morgan fingerprint density at radius 2 is 1.81 bits per heavy atom. The summed E-state index contributed by atoms with van der Waals surface area (Å²) in [5.41, 5.74) is 2.36. The van der Waals surface area contributed by atoms with Crippen molar-refractivity contribution in [1.82, 2.24) is 9.88 Å². The molecule has 1 saturated heterocycles. The van der Waals surface area contributed by atoms with Crippen molar-refractivity contribution in [3.8, 4) is 17.2 Å². The van der Waals surface area contributed by atoms with Crippen molar-refractivity contribution in [2.45, 2.75) is 39.5 Å². The van der Waals surface area contributed by atoms with Crippen LogP contribution in [0.3, 0.4) is 0 Å². The Balaban J connectivity index is 1.91. The summed E-state index contributed by atoms with van der Waals surface area (Å²) >= 11 is 0. The Morgan fingerprint density at radius 1 is 1.05 bits per heavy atom. The largest absolute Gasteiger partial charge is 0.507 e. The van der Waals surface area contributed by atoms with E-state index in [0.29, 0.717) is 33.9 Å². The lowest BCUT2D eigenvalue weighted by Gasteiger charge is -2.27. The van der Waals surface area contributed by atoms with Crippen LogP contribution < -0.4 is 14.2 Å². The monoisotopic (exact) mass is 502 g/mol. The van der Waals surface area contributed by atoms with Gasteiger partial charge in [0.2, 0.25) is 0 Å². The summed E-state index contributed by atoms with van der Waals surface area (Å²) in [6.07, 6.45) is 3.25. The molecule has 1 aliphatic rings. The number of hydrogen-bond donors (Lipinski definition) is 1. The Bertz CT molecular complexity index is 1350. The lowest BCUT2D eigenvalue weighted by atomic mass is 9.93. The molecule has 3 aromatic rings. The first-order chi connectivity index (χ1) is 17.7. The Morgan fingerprint density at radius 3 is 2.43 bits per heavy atom. The van der Waals surface area contributed by atoms with E-state index in [9.17, 15) is 14.7 Å². The molecule has 2 aromatic carbocycles. The van der Waals surface area contributed by atoms with Crippen LogP contribution in [0.15, 0.2) is 66.5 Å². The average Bonchev–Trinajstić information content (AvgIpc) is 3.13. The molecule has 0 saturated carbocycles. The first kappa shape index (κ1) is 25.8. The highest BCUT2D eigenvalue weighted by atomic mass is 16.5. The van der Waals surface area contributed by atoms with Crippen molar-refractivity contribution in [1.29, 1.82) is 0 Å². The number of aryl methyl sites for hydroxylation is 1. The van der Waals surface area contributed by atoms with Crippen molar-refractivity contribution in [3.63, 3.8) is 0 Å². The maximum atomic E-state index is 13.5. The summed E-state index contributed by atoms with van der Waals surface area (Å²) in [7, 11) is 3.04. The molecule has 0 aliphatic carbocycles. The molecule has 37 heavy (non-hydrogen) atoms. The molecule has 1 N–H and O–H groups in total. The lowest BCUT2D eigenvalue weighted by molar-refractivity contribution is -0.140. The van der Waals surface area contributed by atoms with Gasteiger partial charge in [0.25, 0.3) is 11.7 Å².